The Bertz CT molecular complexity index is 1910. The molecule has 6 nitrogen and oxygen atoms in total. The molecule has 9 heteroatoms. The third-order valence-electron chi connectivity index (χ3n) is 10.1. The molecule has 6 rings (SSSR count). The predicted octanol–water partition coefficient (Wildman–Crippen LogP) is 7.06. The Labute approximate surface area is 292 Å². The highest BCUT2D eigenvalue weighted by Crippen LogP contribution is 2.42. The van der Waals surface area contributed by atoms with E-state index >= 15 is 0 Å². The smallest absolute Gasteiger partial charge is 0.456 e. The van der Waals surface area contributed by atoms with E-state index in [4.69, 9.17) is 9.08 Å². The van der Waals surface area contributed by atoms with Crippen molar-refractivity contribution in [2.75, 3.05) is 12.4 Å². The van der Waals surface area contributed by atoms with E-state index in [2.05, 4.69) is 58.0 Å². The molecule has 1 saturated heterocycles. The Balaban J connectivity index is 1.35. The molecule has 0 spiro atoms. The molecular weight excluding hydrogens is 647 g/mol. The molecular formula is C40H47BO6SSi. The van der Waals surface area contributed by atoms with Crippen molar-refractivity contribution < 1.29 is 27.6 Å². The third-order valence-corrected chi connectivity index (χ3v) is 17.2. The van der Waals surface area contributed by atoms with E-state index in [0.717, 1.165) is 50.7 Å². The van der Waals surface area contributed by atoms with E-state index in [-0.39, 0.29) is 29.5 Å². The van der Waals surface area contributed by atoms with Crippen LogP contribution in [0, 0.1) is 0 Å². The molecule has 0 aromatic heterocycles. The molecule has 2 N–H and O–H groups in total. The largest absolute Gasteiger partial charge is 0.507 e. The van der Waals surface area contributed by atoms with Crippen LogP contribution in [0.4, 0.5) is 0 Å². The molecule has 0 radical (unpaired) electrons. The number of hydrogen-bond acceptors (Lipinski definition) is 6. The molecule has 4 aromatic rings. The van der Waals surface area contributed by atoms with Crippen LogP contribution in [0.1, 0.15) is 58.9 Å². The lowest BCUT2D eigenvalue weighted by molar-refractivity contribution is 0.168. The molecule has 0 amide bonds. The van der Waals surface area contributed by atoms with Gasteiger partial charge < -0.3 is 19.2 Å². The monoisotopic (exact) mass is 694 g/mol. The Hall–Kier alpha value is -3.47. The van der Waals surface area contributed by atoms with E-state index in [1.807, 2.05) is 66.7 Å². The number of rotatable bonds is 11. The van der Waals surface area contributed by atoms with Gasteiger partial charge in [0, 0.05) is 11.7 Å². The van der Waals surface area contributed by atoms with Gasteiger partial charge in [0.05, 0.1) is 23.7 Å². The highest BCUT2D eigenvalue weighted by molar-refractivity contribution is 7.92. The summed E-state index contributed by atoms with van der Waals surface area (Å²) in [6, 6.07) is 32.2. The lowest BCUT2D eigenvalue weighted by atomic mass is 9.74. The second kappa shape index (κ2) is 14.4. The van der Waals surface area contributed by atoms with Gasteiger partial charge in [-0.05, 0) is 62.8 Å². The summed E-state index contributed by atoms with van der Waals surface area (Å²) in [4.78, 5) is 0. The van der Waals surface area contributed by atoms with Crippen LogP contribution in [-0.2, 0) is 18.9 Å². The summed E-state index contributed by atoms with van der Waals surface area (Å²) in [6.45, 7) is 8.98. The van der Waals surface area contributed by atoms with Crippen molar-refractivity contribution in [3.05, 3.63) is 119 Å². The molecule has 0 unspecified atom stereocenters. The number of sulfone groups is 1. The van der Waals surface area contributed by atoms with Crippen LogP contribution in [0.15, 0.2) is 114 Å². The first-order valence-electron chi connectivity index (χ1n) is 17.4. The fraction of sp³-hybridized carbons (Fsp3) is 0.350. The zero-order valence-electron chi connectivity index (χ0n) is 28.9. The summed E-state index contributed by atoms with van der Waals surface area (Å²) >= 11 is 0. The van der Waals surface area contributed by atoms with Crippen molar-refractivity contribution in [1.29, 1.82) is 0 Å². The lowest BCUT2D eigenvalue weighted by Gasteiger charge is -2.43. The number of benzene rings is 4. The van der Waals surface area contributed by atoms with Gasteiger partial charge in [-0.3, -0.25) is 0 Å². The molecule has 2 atom stereocenters. The van der Waals surface area contributed by atoms with Gasteiger partial charge >= 0.3 is 7.12 Å². The first-order chi connectivity index (χ1) is 23.4. The van der Waals surface area contributed by atoms with Crippen LogP contribution in [0.25, 0.3) is 16.8 Å². The van der Waals surface area contributed by atoms with Gasteiger partial charge in [0.15, 0.2) is 9.84 Å². The van der Waals surface area contributed by atoms with Crippen LogP contribution in [0.2, 0.25) is 11.4 Å². The summed E-state index contributed by atoms with van der Waals surface area (Å²) in [6.07, 6.45) is 4.73. The maximum atomic E-state index is 13.7. The van der Waals surface area contributed by atoms with Crippen LogP contribution < -0.4 is 10.4 Å². The van der Waals surface area contributed by atoms with E-state index in [9.17, 15) is 18.5 Å². The Morgan fingerprint density at radius 3 is 2.14 bits per heavy atom. The Kier molecular flexibility index (Phi) is 10.4. The van der Waals surface area contributed by atoms with Gasteiger partial charge in [0.2, 0.25) is 0 Å². The normalized spacial score (nSPS) is 19.8. The molecule has 2 heterocycles. The van der Waals surface area contributed by atoms with Gasteiger partial charge in [-0.15, -0.1) is 0 Å². The molecule has 0 saturated carbocycles. The maximum absolute atomic E-state index is 13.7. The van der Waals surface area contributed by atoms with Crippen molar-refractivity contribution in [3.63, 3.8) is 0 Å². The number of phenols is 1. The van der Waals surface area contributed by atoms with Gasteiger partial charge in [0.1, 0.15) is 5.75 Å². The van der Waals surface area contributed by atoms with E-state index in [1.54, 1.807) is 6.07 Å². The van der Waals surface area contributed by atoms with Crippen LogP contribution in [-0.4, -0.2) is 57.7 Å². The minimum absolute atomic E-state index is 0.0357. The zero-order valence-corrected chi connectivity index (χ0v) is 30.7. The summed E-state index contributed by atoms with van der Waals surface area (Å²) in [7, 11) is -7.60. The maximum Gasteiger partial charge on any atom is 0.456 e. The minimum Gasteiger partial charge on any atom is -0.507 e. The lowest BCUT2D eigenvalue weighted by Crippen LogP contribution is -2.66. The Morgan fingerprint density at radius 2 is 1.53 bits per heavy atom. The summed E-state index contributed by atoms with van der Waals surface area (Å²) in [5, 5.41) is 24.2. The molecule has 49 heavy (non-hydrogen) atoms. The van der Waals surface area contributed by atoms with E-state index in [0.29, 0.717) is 12.8 Å². The van der Waals surface area contributed by atoms with Crippen LogP contribution >= 0.6 is 0 Å². The van der Waals surface area contributed by atoms with E-state index in [1.165, 1.54) is 5.57 Å². The van der Waals surface area contributed by atoms with Crippen molar-refractivity contribution in [2.24, 2.45) is 0 Å². The minimum atomic E-state index is -3.54. The molecule has 256 valence electrons. The second-order valence-electron chi connectivity index (χ2n) is 14.4. The fourth-order valence-corrected chi connectivity index (χ4v) is 14.6. The van der Waals surface area contributed by atoms with Gasteiger partial charge in [-0.2, -0.15) is 0 Å². The third kappa shape index (κ3) is 7.10. The first kappa shape index (κ1) is 35.4. The predicted molar refractivity (Wildman–Crippen MR) is 204 cm³/mol. The number of allylic oxidation sites excluding steroid dienone is 1. The quantitative estimate of drug-likeness (QED) is 0.129. The average molecular weight is 695 g/mol. The first-order valence-corrected chi connectivity index (χ1v) is 21.0. The second-order valence-corrected chi connectivity index (χ2v) is 20.9. The van der Waals surface area contributed by atoms with Crippen molar-refractivity contribution in [2.45, 2.75) is 76.1 Å². The number of hydrogen-bond donors (Lipinski definition) is 2. The number of fused-ring (bicyclic) bond motifs is 2. The van der Waals surface area contributed by atoms with Crippen molar-refractivity contribution in [1.82, 2.24) is 0 Å². The van der Waals surface area contributed by atoms with Crippen LogP contribution in [0.5, 0.6) is 5.75 Å². The highest BCUT2D eigenvalue weighted by Gasteiger charge is 2.52. The molecule has 1 fully saturated rings. The van der Waals surface area contributed by atoms with Crippen molar-refractivity contribution >= 4 is 52.5 Å². The Morgan fingerprint density at radius 1 is 0.918 bits per heavy atom. The SMILES string of the molecule is CCC/C(=C\c1ccc(O)c2ccccc12)CC[C@H]1OB(O)C[C@H]2C1=C(CO[Si](c1ccccc1)(c1ccccc1)C(C)(C)C)CS2(=O)=O. The standard InChI is InChI=1S/C40H47BO6SSi/c1-5-14-29(25-30-22-23-36(42)35-20-13-12-19-34(30)35)21-24-37-39-31(28-48(44,45)38(39)26-41(43)47-37)27-46-49(40(2,3)4,32-15-8-6-9-16-32)33-17-10-7-11-18-33/h6-13,15-20,22-23,25,37-38,42-43H,5,14,21,24,26-28H2,1-4H3/b29-25+/t37-,38+/m1/s1. The average Bonchev–Trinajstić information content (AvgIpc) is 3.34. The summed E-state index contributed by atoms with van der Waals surface area (Å²) in [5.74, 6) is 0.164. The topological polar surface area (TPSA) is 93.1 Å². The van der Waals surface area contributed by atoms with Gasteiger partial charge in [-0.25, -0.2) is 8.42 Å². The van der Waals surface area contributed by atoms with Gasteiger partial charge in [0.25, 0.3) is 8.32 Å². The van der Waals surface area contributed by atoms with E-state index < -0.39 is 36.6 Å². The van der Waals surface area contributed by atoms with Crippen molar-refractivity contribution in [3.8, 4) is 5.75 Å². The molecule has 0 aliphatic carbocycles. The summed E-state index contributed by atoms with van der Waals surface area (Å²) < 4.78 is 40.8. The molecule has 4 aromatic carbocycles. The fourth-order valence-electron chi connectivity index (χ4n) is 7.92. The highest BCUT2D eigenvalue weighted by atomic mass is 32.2. The molecule has 2 aliphatic rings. The van der Waals surface area contributed by atoms with Crippen LogP contribution in [0.3, 0.4) is 0 Å². The number of aromatic hydroxyl groups is 1. The van der Waals surface area contributed by atoms with Gasteiger partial charge in [-0.1, -0.05) is 137 Å². The summed E-state index contributed by atoms with van der Waals surface area (Å²) in [5.41, 5.74) is 3.78. The number of phenolic OH excluding ortho intramolecular Hbond substituents is 1. The molecule has 2 aliphatic heterocycles. The molecule has 0 bridgehead atoms. The zero-order chi connectivity index (χ0) is 34.8.